The molecule has 0 unspecified atom stereocenters. The zero-order valence-corrected chi connectivity index (χ0v) is 14.4. The monoisotopic (exact) mass is 420 g/mol. The Morgan fingerprint density at radius 3 is 2.89 bits per heavy atom. The topological polar surface area (TPSA) is 20.7 Å². The number of aromatic amines is 1. The SMILES string of the molecule is S=c1[nH]c2cc(I)ccc2n1CCc1ccc(Cl)s1. The van der Waals surface area contributed by atoms with Crippen LogP contribution in [0.2, 0.25) is 4.34 Å². The Labute approximate surface area is 138 Å². The van der Waals surface area contributed by atoms with Crippen molar-refractivity contribution in [2.75, 3.05) is 0 Å². The molecule has 0 fully saturated rings. The molecule has 6 heteroatoms. The predicted molar refractivity (Wildman–Crippen MR) is 92.9 cm³/mol. The first-order chi connectivity index (χ1) is 9.13. The van der Waals surface area contributed by atoms with Crippen LogP contribution >= 0.6 is 57.7 Å². The van der Waals surface area contributed by atoms with Gasteiger partial charge in [0, 0.05) is 15.0 Å². The molecule has 2 aromatic heterocycles. The van der Waals surface area contributed by atoms with Gasteiger partial charge in [-0.2, -0.15) is 0 Å². The third kappa shape index (κ3) is 2.89. The van der Waals surface area contributed by atoms with Crippen LogP contribution in [-0.2, 0) is 13.0 Å². The largest absolute Gasteiger partial charge is 0.331 e. The van der Waals surface area contributed by atoms with Crippen LogP contribution in [0.3, 0.4) is 0 Å². The van der Waals surface area contributed by atoms with Crippen molar-refractivity contribution < 1.29 is 0 Å². The quantitative estimate of drug-likeness (QED) is 0.453. The van der Waals surface area contributed by atoms with Gasteiger partial charge in [0.1, 0.15) is 0 Å². The molecule has 98 valence electrons. The van der Waals surface area contributed by atoms with Crippen molar-refractivity contribution in [1.82, 2.24) is 9.55 Å². The van der Waals surface area contributed by atoms with E-state index in [4.69, 9.17) is 23.8 Å². The van der Waals surface area contributed by atoms with E-state index >= 15 is 0 Å². The Morgan fingerprint density at radius 1 is 1.32 bits per heavy atom. The first-order valence-electron chi connectivity index (χ1n) is 5.76. The zero-order chi connectivity index (χ0) is 13.4. The summed E-state index contributed by atoms with van der Waals surface area (Å²) >= 11 is 15.3. The lowest BCUT2D eigenvalue weighted by atomic mass is 10.3. The minimum Gasteiger partial charge on any atom is -0.331 e. The van der Waals surface area contributed by atoms with Crippen molar-refractivity contribution >= 4 is 68.8 Å². The van der Waals surface area contributed by atoms with Crippen molar-refractivity contribution in [2.45, 2.75) is 13.0 Å². The Bertz CT molecular complexity index is 787. The molecule has 0 aliphatic rings. The van der Waals surface area contributed by atoms with E-state index in [9.17, 15) is 0 Å². The molecule has 3 rings (SSSR count). The first-order valence-corrected chi connectivity index (χ1v) is 8.44. The van der Waals surface area contributed by atoms with Gasteiger partial charge < -0.3 is 9.55 Å². The molecule has 0 aliphatic heterocycles. The standard InChI is InChI=1S/C13H10ClIN2S2/c14-12-4-2-9(19-12)5-6-17-11-3-1-8(15)7-10(11)16-13(17)18/h1-4,7H,5-6H2,(H,16,18). The maximum absolute atomic E-state index is 5.95. The summed E-state index contributed by atoms with van der Waals surface area (Å²) in [4.78, 5) is 4.54. The number of hydrogen-bond acceptors (Lipinski definition) is 2. The van der Waals surface area contributed by atoms with Gasteiger partial charge in [0.2, 0.25) is 0 Å². The summed E-state index contributed by atoms with van der Waals surface area (Å²) in [6, 6.07) is 10.4. The van der Waals surface area contributed by atoms with Crippen LogP contribution in [0.5, 0.6) is 0 Å². The fourth-order valence-electron chi connectivity index (χ4n) is 2.07. The van der Waals surface area contributed by atoms with E-state index in [0.717, 1.165) is 33.1 Å². The molecule has 0 saturated carbocycles. The number of benzene rings is 1. The molecular weight excluding hydrogens is 411 g/mol. The maximum Gasteiger partial charge on any atom is 0.178 e. The number of hydrogen-bond donors (Lipinski definition) is 1. The second-order valence-corrected chi connectivity index (χ2v) is 7.63. The zero-order valence-electron chi connectivity index (χ0n) is 9.82. The average molecular weight is 421 g/mol. The average Bonchev–Trinajstić information content (AvgIpc) is 2.89. The second kappa shape index (κ2) is 5.55. The number of nitrogens with one attached hydrogen (secondary N) is 1. The van der Waals surface area contributed by atoms with E-state index in [1.54, 1.807) is 11.3 Å². The highest BCUT2D eigenvalue weighted by Gasteiger charge is 2.06. The van der Waals surface area contributed by atoms with E-state index in [0.29, 0.717) is 0 Å². The Hall–Kier alpha value is -0.370. The number of imidazole rings is 1. The van der Waals surface area contributed by atoms with Crippen LogP contribution in [0.25, 0.3) is 11.0 Å². The van der Waals surface area contributed by atoms with E-state index < -0.39 is 0 Å². The third-order valence-corrected chi connectivity index (χ3v) is 5.23. The third-order valence-electron chi connectivity index (χ3n) is 2.95. The molecule has 0 amide bonds. The minimum absolute atomic E-state index is 0.777. The highest BCUT2D eigenvalue weighted by Crippen LogP contribution is 2.23. The van der Waals surface area contributed by atoms with Crippen molar-refractivity contribution in [3.05, 3.63) is 47.9 Å². The van der Waals surface area contributed by atoms with Crippen LogP contribution in [-0.4, -0.2) is 9.55 Å². The summed E-state index contributed by atoms with van der Waals surface area (Å²) in [5.41, 5.74) is 2.26. The summed E-state index contributed by atoms with van der Waals surface area (Å²) in [7, 11) is 0. The number of fused-ring (bicyclic) bond motifs is 1. The molecule has 2 heterocycles. The van der Waals surface area contributed by atoms with Gasteiger partial charge in [0.25, 0.3) is 0 Å². The summed E-state index contributed by atoms with van der Waals surface area (Å²) < 4.78 is 4.97. The minimum atomic E-state index is 0.777. The van der Waals surface area contributed by atoms with Gasteiger partial charge in [0.05, 0.1) is 15.4 Å². The van der Waals surface area contributed by atoms with Gasteiger partial charge in [-0.15, -0.1) is 11.3 Å². The lowest BCUT2D eigenvalue weighted by Gasteiger charge is -2.03. The van der Waals surface area contributed by atoms with Crippen LogP contribution in [0.4, 0.5) is 0 Å². The first kappa shape index (κ1) is 13.6. The molecule has 0 radical (unpaired) electrons. The van der Waals surface area contributed by atoms with E-state index in [2.05, 4.69) is 56.4 Å². The van der Waals surface area contributed by atoms with Crippen LogP contribution in [0, 0.1) is 8.34 Å². The molecule has 0 aliphatic carbocycles. The number of rotatable bonds is 3. The molecule has 0 spiro atoms. The Morgan fingerprint density at radius 2 is 2.16 bits per heavy atom. The summed E-state index contributed by atoms with van der Waals surface area (Å²) in [5, 5.41) is 0. The van der Waals surface area contributed by atoms with E-state index in [-0.39, 0.29) is 0 Å². The van der Waals surface area contributed by atoms with Crippen LogP contribution in [0.15, 0.2) is 30.3 Å². The van der Waals surface area contributed by atoms with Crippen LogP contribution in [0.1, 0.15) is 4.88 Å². The number of aromatic nitrogens is 2. The summed E-state index contributed by atoms with van der Waals surface area (Å²) in [5.74, 6) is 0. The molecule has 1 N–H and O–H groups in total. The van der Waals surface area contributed by atoms with Crippen molar-refractivity contribution in [3.8, 4) is 0 Å². The second-order valence-electron chi connectivity index (χ2n) is 4.20. The van der Waals surface area contributed by atoms with Crippen molar-refractivity contribution in [3.63, 3.8) is 0 Å². The summed E-state index contributed by atoms with van der Waals surface area (Å²) in [6.07, 6.45) is 0.949. The molecule has 0 bridgehead atoms. The number of halogens is 2. The normalized spacial score (nSPS) is 11.3. The van der Waals surface area contributed by atoms with Gasteiger partial charge in [-0.25, -0.2) is 0 Å². The van der Waals surface area contributed by atoms with E-state index in [1.807, 2.05) is 6.07 Å². The van der Waals surface area contributed by atoms with E-state index in [1.165, 1.54) is 8.45 Å². The molecule has 0 saturated heterocycles. The Balaban J connectivity index is 1.92. The number of H-pyrrole nitrogens is 1. The van der Waals surface area contributed by atoms with Crippen molar-refractivity contribution in [1.29, 1.82) is 0 Å². The predicted octanol–water partition coefficient (Wildman–Crippen LogP) is 5.26. The molecular formula is C13H10ClIN2S2. The van der Waals surface area contributed by atoms with Crippen LogP contribution < -0.4 is 0 Å². The molecule has 3 aromatic rings. The number of thiophene rings is 1. The van der Waals surface area contributed by atoms with Gasteiger partial charge >= 0.3 is 0 Å². The lowest BCUT2D eigenvalue weighted by Crippen LogP contribution is -2.00. The van der Waals surface area contributed by atoms with Gasteiger partial charge in [-0.05, 0) is 71.6 Å². The fourth-order valence-corrected chi connectivity index (χ4v) is 3.93. The lowest BCUT2D eigenvalue weighted by molar-refractivity contribution is 0.712. The van der Waals surface area contributed by atoms with Crippen molar-refractivity contribution in [2.24, 2.45) is 0 Å². The summed E-state index contributed by atoms with van der Waals surface area (Å²) in [6.45, 7) is 0.871. The smallest absolute Gasteiger partial charge is 0.178 e. The molecule has 19 heavy (non-hydrogen) atoms. The molecule has 1 aromatic carbocycles. The Kier molecular flexibility index (Phi) is 3.98. The van der Waals surface area contributed by atoms with Gasteiger partial charge in [-0.3, -0.25) is 0 Å². The highest BCUT2D eigenvalue weighted by molar-refractivity contribution is 14.1. The number of nitrogens with zero attached hydrogens (tertiary/aromatic N) is 1. The maximum atomic E-state index is 5.95. The van der Waals surface area contributed by atoms with Gasteiger partial charge in [-0.1, -0.05) is 11.6 Å². The molecule has 0 atom stereocenters. The fraction of sp³-hybridized carbons (Fsp3) is 0.154. The molecule has 2 nitrogen and oxygen atoms in total. The van der Waals surface area contributed by atoms with Gasteiger partial charge in [0.15, 0.2) is 4.77 Å². The highest BCUT2D eigenvalue weighted by atomic mass is 127. The number of aryl methyl sites for hydroxylation is 2.